The van der Waals surface area contributed by atoms with Crippen molar-refractivity contribution in [1.29, 1.82) is 0 Å². The molecule has 6 nitrogen and oxygen atoms in total. The molecule has 0 fully saturated rings. The summed E-state index contributed by atoms with van der Waals surface area (Å²) in [4.78, 5) is 17.4. The molecule has 0 unspecified atom stereocenters. The Morgan fingerprint density at radius 3 is 2.59 bits per heavy atom. The highest BCUT2D eigenvalue weighted by atomic mass is 35.5. The van der Waals surface area contributed by atoms with Gasteiger partial charge in [0.05, 0.1) is 17.1 Å². The number of nitrogens with zero attached hydrogens (tertiary/aromatic N) is 4. The fraction of sp³-hybridized carbons (Fsp3) is 0.100. The second kappa shape index (κ2) is 7.94. The summed E-state index contributed by atoms with van der Waals surface area (Å²) in [5.41, 5.74) is 3.61. The van der Waals surface area contributed by atoms with Gasteiger partial charge in [-0.25, -0.2) is 4.98 Å². The smallest absolute Gasteiger partial charge is 0.291 e. The second-order valence-corrected chi connectivity index (χ2v) is 8.01. The number of benzene rings is 2. The second-order valence-electron chi connectivity index (χ2n) is 6.33. The molecule has 0 saturated carbocycles. The fourth-order valence-corrected chi connectivity index (χ4v) is 3.81. The van der Waals surface area contributed by atoms with E-state index in [4.69, 9.17) is 23.2 Å². The molecule has 29 heavy (non-hydrogen) atoms. The van der Waals surface area contributed by atoms with E-state index < -0.39 is 0 Å². The van der Waals surface area contributed by atoms with Gasteiger partial charge in [-0.2, -0.15) is 4.68 Å². The SMILES string of the molecule is Cc1[nH]n(-c2nc(-c3ccc(Cl)cc3)cs2)c(=O)c1N=Nc1cccc(Cl)c1C. The molecule has 0 radical (unpaired) electrons. The monoisotopic (exact) mass is 443 g/mol. The summed E-state index contributed by atoms with van der Waals surface area (Å²) in [6, 6.07) is 12.7. The van der Waals surface area contributed by atoms with Crippen LogP contribution in [0.5, 0.6) is 0 Å². The molecule has 0 aliphatic carbocycles. The molecule has 1 N–H and O–H groups in total. The van der Waals surface area contributed by atoms with Gasteiger partial charge < -0.3 is 0 Å². The van der Waals surface area contributed by atoms with Crippen LogP contribution in [0, 0.1) is 13.8 Å². The molecule has 0 amide bonds. The first-order chi connectivity index (χ1) is 13.9. The van der Waals surface area contributed by atoms with Crippen LogP contribution in [-0.2, 0) is 0 Å². The van der Waals surface area contributed by atoms with Crippen molar-refractivity contribution in [1.82, 2.24) is 14.8 Å². The molecule has 0 bridgehead atoms. The average Bonchev–Trinajstić information content (AvgIpc) is 3.29. The first-order valence-electron chi connectivity index (χ1n) is 8.64. The number of aromatic amines is 1. The average molecular weight is 444 g/mol. The zero-order valence-corrected chi connectivity index (χ0v) is 17.8. The Bertz CT molecular complexity index is 1270. The number of rotatable bonds is 4. The molecule has 2 aromatic carbocycles. The van der Waals surface area contributed by atoms with E-state index in [-0.39, 0.29) is 11.2 Å². The summed E-state index contributed by atoms with van der Waals surface area (Å²) in [6.45, 7) is 3.62. The number of thiazole rings is 1. The summed E-state index contributed by atoms with van der Waals surface area (Å²) >= 11 is 13.4. The molecule has 4 aromatic rings. The van der Waals surface area contributed by atoms with E-state index in [9.17, 15) is 4.79 Å². The van der Waals surface area contributed by atoms with Crippen LogP contribution in [0.1, 0.15) is 11.3 Å². The van der Waals surface area contributed by atoms with Crippen molar-refractivity contribution in [2.45, 2.75) is 13.8 Å². The van der Waals surface area contributed by atoms with Crippen LogP contribution in [0.2, 0.25) is 10.0 Å². The van der Waals surface area contributed by atoms with Crippen molar-refractivity contribution >= 4 is 45.9 Å². The molecule has 2 aromatic heterocycles. The molecule has 9 heteroatoms. The number of hydrogen-bond donors (Lipinski definition) is 1. The third kappa shape index (κ3) is 3.89. The Kier molecular flexibility index (Phi) is 5.36. The molecule has 0 atom stereocenters. The first kappa shape index (κ1) is 19.6. The Balaban J connectivity index is 1.67. The number of azo groups is 1. The molecule has 0 saturated heterocycles. The van der Waals surface area contributed by atoms with Gasteiger partial charge in [-0.1, -0.05) is 41.4 Å². The highest BCUT2D eigenvalue weighted by Gasteiger charge is 2.15. The number of nitrogens with one attached hydrogen (secondary N) is 1. The minimum Gasteiger partial charge on any atom is -0.291 e. The molecular weight excluding hydrogens is 429 g/mol. The van der Waals surface area contributed by atoms with Gasteiger partial charge in [0, 0.05) is 21.0 Å². The largest absolute Gasteiger partial charge is 0.301 e. The van der Waals surface area contributed by atoms with Gasteiger partial charge in [-0.05, 0) is 43.7 Å². The lowest BCUT2D eigenvalue weighted by atomic mass is 10.2. The lowest BCUT2D eigenvalue weighted by molar-refractivity contribution is 0.827. The maximum absolute atomic E-state index is 12.9. The minimum atomic E-state index is -0.317. The number of aromatic nitrogens is 3. The molecule has 146 valence electrons. The molecule has 0 spiro atoms. The van der Waals surface area contributed by atoms with Crippen LogP contribution in [0.15, 0.2) is 62.9 Å². The van der Waals surface area contributed by atoms with Crippen LogP contribution >= 0.6 is 34.5 Å². The zero-order chi connectivity index (χ0) is 20.5. The number of hydrogen-bond acceptors (Lipinski definition) is 5. The van der Waals surface area contributed by atoms with Crippen molar-refractivity contribution in [2.75, 3.05) is 0 Å². The van der Waals surface area contributed by atoms with Crippen molar-refractivity contribution in [2.24, 2.45) is 10.2 Å². The Morgan fingerprint density at radius 1 is 1.07 bits per heavy atom. The van der Waals surface area contributed by atoms with Crippen LogP contribution in [-0.4, -0.2) is 14.8 Å². The lowest BCUT2D eigenvalue weighted by Gasteiger charge is -1.99. The first-order valence-corrected chi connectivity index (χ1v) is 10.3. The topological polar surface area (TPSA) is 75.4 Å². The van der Waals surface area contributed by atoms with E-state index >= 15 is 0 Å². The van der Waals surface area contributed by atoms with Gasteiger partial charge >= 0.3 is 5.56 Å². The maximum atomic E-state index is 12.9. The lowest BCUT2D eigenvalue weighted by Crippen LogP contribution is -2.13. The predicted molar refractivity (Wildman–Crippen MR) is 118 cm³/mol. The molecule has 4 rings (SSSR count). The zero-order valence-electron chi connectivity index (χ0n) is 15.5. The third-order valence-corrected chi connectivity index (χ3v) is 5.85. The van der Waals surface area contributed by atoms with Gasteiger partial charge in [0.1, 0.15) is 0 Å². The Labute approximate surface area is 180 Å². The summed E-state index contributed by atoms with van der Waals surface area (Å²) in [6.07, 6.45) is 0. The van der Waals surface area contributed by atoms with Crippen molar-refractivity contribution in [3.8, 4) is 16.4 Å². The molecule has 0 aliphatic heterocycles. The minimum absolute atomic E-state index is 0.229. The van der Waals surface area contributed by atoms with Gasteiger partial charge in [0.25, 0.3) is 0 Å². The summed E-state index contributed by atoms with van der Waals surface area (Å²) < 4.78 is 1.37. The number of aryl methyl sites for hydroxylation is 1. The van der Waals surface area contributed by atoms with E-state index in [1.807, 2.05) is 24.4 Å². The van der Waals surface area contributed by atoms with Gasteiger partial charge in [0.2, 0.25) is 5.13 Å². The van der Waals surface area contributed by atoms with Gasteiger partial charge in [0.15, 0.2) is 5.69 Å². The Morgan fingerprint density at radius 2 is 1.83 bits per heavy atom. The highest BCUT2D eigenvalue weighted by molar-refractivity contribution is 7.12. The quantitative estimate of drug-likeness (QED) is 0.359. The van der Waals surface area contributed by atoms with Crippen LogP contribution in [0.4, 0.5) is 11.4 Å². The van der Waals surface area contributed by atoms with Crippen LogP contribution in [0.25, 0.3) is 16.4 Å². The van der Waals surface area contributed by atoms with E-state index in [1.54, 1.807) is 37.3 Å². The predicted octanol–water partition coefficient (Wildman–Crippen LogP) is 6.63. The standard InChI is InChI=1S/C20H15Cl2N5OS/c1-11-15(22)4-3-5-16(11)24-25-18-12(2)26-27(19(18)28)20-23-17(10-29-20)13-6-8-14(21)9-7-13/h3-10,26H,1-2H3. The highest BCUT2D eigenvalue weighted by Crippen LogP contribution is 2.28. The molecular formula is C20H15Cl2N5OS. The Hall–Kier alpha value is -2.74. The van der Waals surface area contributed by atoms with E-state index in [0.717, 1.165) is 16.8 Å². The van der Waals surface area contributed by atoms with Crippen molar-refractivity contribution < 1.29 is 0 Å². The van der Waals surface area contributed by atoms with Gasteiger partial charge in [-0.15, -0.1) is 21.6 Å². The fourth-order valence-electron chi connectivity index (χ4n) is 2.72. The normalized spacial score (nSPS) is 11.4. The summed E-state index contributed by atoms with van der Waals surface area (Å²) in [5, 5.41) is 15.0. The van der Waals surface area contributed by atoms with E-state index in [1.165, 1.54) is 16.0 Å². The van der Waals surface area contributed by atoms with E-state index in [2.05, 4.69) is 20.3 Å². The van der Waals surface area contributed by atoms with Crippen LogP contribution < -0.4 is 5.56 Å². The number of halogens is 2. The third-order valence-electron chi connectivity index (χ3n) is 4.36. The van der Waals surface area contributed by atoms with Crippen molar-refractivity contribution in [3.63, 3.8) is 0 Å². The van der Waals surface area contributed by atoms with Gasteiger partial charge in [-0.3, -0.25) is 9.89 Å². The molecule has 2 heterocycles. The maximum Gasteiger partial charge on any atom is 0.301 e. The molecule has 0 aliphatic rings. The summed E-state index contributed by atoms with van der Waals surface area (Å²) in [5.74, 6) is 0. The number of H-pyrrole nitrogens is 1. The van der Waals surface area contributed by atoms with Crippen molar-refractivity contribution in [3.05, 3.63) is 79.5 Å². The van der Waals surface area contributed by atoms with Crippen LogP contribution in [0.3, 0.4) is 0 Å². The summed E-state index contributed by atoms with van der Waals surface area (Å²) in [7, 11) is 0. The van der Waals surface area contributed by atoms with E-state index in [0.29, 0.717) is 26.6 Å².